The molecule has 1 aliphatic heterocycles. The third-order valence-corrected chi connectivity index (χ3v) is 5.51. The van der Waals surface area contributed by atoms with Crippen molar-refractivity contribution >= 4 is 17.3 Å². The topological polar surface area (TPSA) is 53.9 Å². The van der Waals surface area contributed by atoms with Crippen molar-refractivity contribution in [3.8, 4) is 5.75 Å². The highest BCUT2D eigenvalue weighted by Gasteiger charge is 2.25. The molecule has 1 aliphatic rings. The highest BCUT2D eigenvalue weighted by Crippen LogP contribution is 2.28. The summed E-state index contributed by atoms with van der Waals surface area (Å²) in [6.45, 7) is 0.822. The number of fused-ring (bicyclic) bond motifs is 1. The number of amides is 1. The SMILES string of the molecule is COc1cccc(C(=O)NCC2CN=C(c3ccccc3F)c3ccccc3N2C)c1. The molecule has 1 unspecified atom stereocenters. The maximum absolute atomic E-state index is 14.5. The molecule has 6 heteroatoms. The molecule has 1 heterocycles. The van der Waals surface area contributed by atoms with Crippen molar-refractivity contribution in [3.05, 3.63) is 95.3 Å². The Kier molecular flexibility index (Phi) is 5.98. The van der Waals surface area contributed by atoms with Crippen LogP contribution in [0.4, 0.5) is 10.1 Å². The van der Waals surface area contributed by atoms with Crippen LogP contribution in [0.15, 0.2) is 77.8 Å². The van der Waals surface area contributed by atoms with Gasteiger partial charge in [0.05, 0.1) is 25.4 Å². The average Bonchev–Trinajstić information content (AvgIpc) is 2.94. The summed E-state index contributed by atoms with van der Waals surface area (Å²) in [4.78, 5) is 19.5. The number of hydrogen-bond acceptors (Lipinski definition) is 4. The Labute approximate surface area is 181 Å². The van der Waals surface area contributed by atoms with Gasteiger partial charge in [0.15, 0.2) is 0 Å². The van der Waals surface area contributed by atoms with E-state index in [0.717, 1.165) is 11.3 Å². The minimum atomic E-state index is -0.302. The minimum absolute atomic E-state index is 0.0834. The normalized spacial score (nSPS) is 15.5. The van der Waals surface area contributed by atoms with Crippen molar-refractivity contribution in [2.24, 2.45) is 4.99 Å². The molecule has 4 rings (SSSR count). The highest BCUT2D eigenvalue weighted by molar-refractivity contribution is 6.16. The van der Waals surface area contributed by atoms with Gasteiger partial charge < -0.3 is 15.0 Å². The van der Waals surface area contributed by atoms with Gasteiger partial charge in [0.1, 0.15) is 11.6 Å². The van der Waals surface area contributed by atoms with Crippen LogP contribution in [0.1, 0.15) is 21.5 Å². The fraction of sp³-hybridized carbons (Fsp3) is 0.200. The van der Waals surface area contributed by atoms with Gasteiger partial charge in [-0.25, -0.2) is 4.39 Å². The lowest BCUT2D eigenvalue weighted by Crippen LogP contribution is -2.43. The molecule has 0 fully saturated rings. The molecular weight excluding hydrogens is 393 g/mol. The number of hydrogen-bond donors (Lipinski definition) is 1. The Bertz CT molecular complexity index is 1130. The van der Waals surface area contributed by atoms with Crippen molar-refractivity contribution in [3.63, 3.8) is 0 Å². The number of rotatable bonds is 5. The Hall–Kier alpha value is -3.67. The minimum Gasteiger partial charge on any atom is -0.497 e. The molecule has 0 aromatic heterocycles. The Morgan fingerprint density at radius 1 is 1.10 bits per heavy atom. The summed E-state index contributed by atoms with van der Waals surface area (Å²) in [5.41, 5.74) is 3.46. The predicted octanol–water partition coefficient (Wildman–Crippen LogP) is 3.92. The van der Waals surface area contributed by atoms with Crippen LogP contribution in [0.3, 0.4) is 0 Å². The summed E-state index contributed by atoms with van der Waals surface area (Å²) < 4.78 is 19.7. The summed E-state index contributed by atoms with van der Waals surface area (Å²) in [6.07, 6.45) is 0. The summed E-state index contributed by atoms with van der Waals surface area (Å²) in [6, 6.07) is 21.4. The average molecular weight is 417 g/mol. The van der Waals surface area contributed by atoms with E-state index in [1.54, 1.807) is 43.5 Å². The van der Waals surface area contributed by atoms with Crippen LogP contribution in [0.25, 0.3) is 0 Å². The molecule has 3 aromatic rings. The molecule has 1 amide bonds. The number of anilines is 1. The zero-order valence-electron chi connectivity index (χ0n) is 17.5. The molecule has 0 saturated heterocycles. The molecule has 1 atom stereocenters. The van der Waals surface area contributed by atoms with E-state index in [4.69, 9.17) is 9.73 Å². The van der Waals surface area contributed by atoms with Crippen LogP contribution in [0.2, 0.25) is 0 Å². The van der Waals surface area contributed by atoms with Crippen molar-refractivity contribution < 1.29 is 13.9 Å². The Balaban J connectivity index is 1.59. The van der Waals surface area contributed by atoms with E-state index < -0.39 is 0 Å². The van der Waals surface area contributed by atoms with Crippen LogP contribution in [-0.2, 0) is 0 Å². The number of halogens is 1. The number of nitrogens with zero attached hydrogens (tertiary/aromatic N) is 2. The number of likely N-dealkylation sites (N-methyl/N-ethyl adjacent to an activating group) is 1. The van der Waals surface area contributed by atoms with Gasteiger partial charge in [-0.15, -0.1) is 0 Å². The number of benzene rings is 3. The maximum Gasteiger partial charge on any atom is 0.251 e. The van der Waals surface area contributed by atoms with Crippen LogP contribution in [0, 0.1) is 5.82 Å². The van der Waals surface area contributed by atoms with Crippen LogP contribution < -0.4 is 15.0 Å². The highest BCUT2D eigenvalue weighted by atomic mass is 19.1. The monoisotopic (exact) mass is 417 g/mol. The van der Waals surface area contributed by atoms with Crippen molar-refractivity contribution in [2.45, 2.75) is 6.04 Å². The molecule has 0 aliphatic carbocycles. The van der Waals surface area contributed by atoms with E-state index in [0.29, 0.717) is 35.7 Å². The van der Waals surface area contributed by atoms with E-state index in [2.05, 4.69) is 10.2 Å². The number of para-hydroxylation sites is 1. The molecule has 1 N–H and O–H groups in total. The van der Waals surface area contributed by atoms with Gasteiger partial charge in [0, 0.05) is 36.0 Å². The number of nitrogens with one attached hydrogen (secondary N) is 1. The number of carbonyl (C=O) groups excluding carboxylic acids is 1. The van der Waals surface area contributed by atoms with Crippen LogP contribution >= 0.6 is 0 Å². The van der Waals surface area contributed by atoms with Gasteiger partial charge in [-0.3, -0.25) is 9.79 Å². The van der Waals surface area contributed by atoms with Gasteiger partial charge in [-0.1, -0.05) is 36.4 Å². The largest absolute Gasteiger partial charge is 0.497 e. The molecule has 0 spiro atoms. The molecule has 31 heavy (non-hydrogen) atoms. The van der Waals surface area contributed by atoms with Gasteiger partial charge in [-0.05, 0) is 36.4 Å². The lowest BCUT2D eigenvalue weighted by molar-refractivity contribution is 0.0951. The first-order valence-electron chi connectivity index (χ1n) is 10.1. The zero-order valence-corrected chi connectivity index (χ0v) is 17.5. The van der Waals surface area contributed by atoms with E-state index in [1.165, 1.54) is 6.07 Å². The number of methoxy groups -OCH3 is 1. The lowest BCUT2D eigenvalue weighted by atomic mass is 10.00. The number of ether oxygens (including phenoxy) is 1. The second kappa shape index (κ2) is 9.00. The quantitative estimate of drug-likeness (QED) is 0.685. The van der Waals surface area contributed by atoms with Crippen LogP contribution in [0.5, 0.6) is 5.75 Å². The van der Waals surface area contributed by atoms with E-state index in [-0.39, 0.29) is 17.8 Å². The maximum atomic E-state index is 14.5. The summed E-state index contributed by atoms with van der Waals surface area (Å²) in [5, 5.41) is 3.00. The third-order valence-electron chi connectivity index (χ3n) is 5.51. The summed E-state index contributed by atoms with van der Waals surface area (Å²) in [7, 11) is 3.54. The first-order valence-corrected chi connectivity index (χ1v) is 10.1. The second-order valence-electron chi connectivity index (χ2n) is 7.39. The fourth-order valence-electron chi connectivity index (χ4n) is 3.74. The lowest BCUT2D eigenvalue weighted by Gasteiger charge is -2.28. The first-order chi connectivity index (χ1) is 15.1. The van der Waals surface area contributed by atoms with Gasteiger partial charge in [-0.2, -0.15) is 0 Å². The smallest absolute Gasteiger partial charge is 0.251 e. The number of carbonyl (C=O) groups is 1. The van der Waals surface area contributed by atoms with Gasteiger partial charge in [0.25, 0.3) is 5.91 Å². The molecule has 158 valence electrons. The van der Waals surface area contributed by atoms with E-state index in [1.807, 2.05) is 37.4 Å². The van der Waals surface area contributed by atoms with Crippen LogP contribution in [-0.4, -0.2) is 44.9 Å². The Morgan fingerprint density at radius 3 is 2.61 bits per heavy atom. The first kappa shape index (κ1) is 20.6. The number of benzodiazepines with no additional fused rings is 1. The van der Waals surface area contributed by atoms with Gasteiger partial charge >= 0.3 is 0 Å². The standard InChI is InChI=1S/C25H24FN3O2/c1-29-18(16-28-25(30)17-8-7-9-19(14-17)31-2)15-27-24(20-10-3-5-12-22(20)26)21-11-4-6-13-23(21)29/h3-14,18H,15-16H2,1-2H3,(H,28,30). The molecule has 0 bridgehead atoms. The van der Waals surface area contributed by atoms with Crippen molar-refractivity contribution in [1.82, 2.24) is 5.32 Å². The second-order valence-corrected chi connectivity index (χ2v) is 7.39. The number of aliphatic imine (C=N–C) groups is 1. The molecule has 0 saturated carbocycles. The summed E-state index contributed by atoms with van der Waals surface area (Å²) >= 11 is 0. The molecular formula is C25H24FN3O2. The fourth-order valence-corrected chi connectivity index (χ4v) is 3.74. The molecule has 3 aromatic carbocycles. The third kappa shape index (κ3) is 4.28. The van der Waals surface area contributed by atoms with Crippen molar-refractivity contribution in [2.75, 3.05) is 32.1 Å². The van der Waals surface area contributed by atoms with Crippen molar-refractivity contribution in [1.29, 1.82) is 0 Å². The Morgan fingerprint density at radius 2 is 1.84 bits per heavy atom. The van der Waals surface area contributed by atoms with E-state index in [9.17, 15) is 9.18 Å². The molecule has 5 nitrogen and oxygen atoms in total. The summed E-state index contributed by atoms with van der Waals surface area (Å²) in [5.74, 6) is 0.152. The molecule has 0 radical (unpaired) electrons. The predicted molar refractivity (Wildman–Crippen MR) is 121 cm³/mol. The van der Waals surface area contributed by atoms with Gasteiger partial charge in [0.2, 0.25) is 0 Å². The zero-order chi connectivity index (χ0) is 21.8. The van der Waals surface area contributed by atoms with E-state index >= 15 is 0 Å².